The van der Waals surface area contributed by atoms with Gasteiger partial charge in [-0.05, 0) is 62.6 Å². The Morgan fingerprint density at radius 2 is 2.03 bits per heavy atom. The van der Waals surface area contributed by atoms with Crippen LogP contribution in [0, 0.1) is 13.8 Å². The van der Waals surface area contributed by atoms with Gasteiger partial charge in [0.1, 0.15) is 0 Å². The molecular weight excluding hydrogens is 407 g/mol. The molecule has 1 atom stereocenters. The number of fused-ring (bicyclic) bond motifs is 1. The van der Waals surface area contributed by atoms with Gasteiger partial charge in [-0.3, -0.25) is 4.79 Å². The van der Waals surface area contributed by atoms with E-state index in [1.54, 1.807) is 18.2 Å². The summed E-state index contributed by atoms with van der Waals surface area (Å²) in [6, 6.07) is 11.2. The van der Waals surface area contributed by atoms with Crippen molar-refractivity contribution in [3.63, 3.8) is 0 Å². The summed E-state index contributed by atoms with van der Waals surface area (Å²) in [6.45, 7) is 5.29. The van der Waals surface area contributed by atoms with Gasteiger partial charge in [0.15, 0.2) is 0 Å². The number of aromatic nitrogens is 1. The summed E-state index contributed by atoms with van der Waals surface area (Å²) < 4.78 is 5.63. The Morgan fingerprint density at radius 3 is 2.76 bits per heavy atom. The first-order chi connectivity index (χ1) is 13.9. The van der Waals surface area contributed by atoms with Gasteiger partial charge < -0.3 is 10.1 Å². The van der Waals surface area contributed by atoms with Crippen LogP contribution in [0.15, 0.2) is 36.4 Å². The minimum Gasteiger partial charge on any atom is -0.376 e. The van der Waals surface area contributed by atoms with Gasteiger partial charge in [0.25, 0.3) is 5.91 Å². The number of halogens is 2. The van der Waals surface area contributed by atoms with Crippen LogP contribution in [0.1, 0.15) is 34.3 Å². The molecule has 0 radical (unpaired) electrons. The largest absolute Gasteiger partial charge is 0.376 e. The zero-order valence-corrected chi connectivity index (χ0v) is 17.9. The maximum atomic E-state index is 13.1. The van der Waals surface area contributed by atoms with Crippen LogP contribution in [-0.4, -0.2) is 30.1 Å². The molecule has 6 heteroatoms. The summed E-state index contributed by atoms with van der Waals surface area (Å²) in [5.41, 5.74) is 4.86. The SMILES string of the molecule is Cc1cc(C)c2nc(-c3ccc(Cl)cc3Cl)cc(C(=O)NCC3CCCO3)c2c1. The highest BCUT2D eigenvalue weighted by Gasteiger charge is 2.20. The highest BCUT2D eigenvalue weighted by molar-refractivity contribution is 6.36. The number of carbonyl (C=O) groups excluding carboxylic acids is 1. The fourth-order valence-corrected chi connectivity index (χ4v) is 4.32. The molecule has 2 heterocycles. The van der Waals surface area contributed by atoms with Gasteiger partial charge in [-0.25, -0.2) is 4.98 Å². The van der Waals surface area contributed by atoms with Crippen molar-refractivity contribution in [2.75, 3.05) is 13.2 Å². The number of benzene rings is 2. The molecule has 0 saturated carbocycles. The van der Waals surface area contributed by atoms with Crippen LogP contribution in [-0.2, 0) is 4.74 Å². The predicted molar refractivity (Wildman–Crippen MR) is 118 cm³/mol. The Kier molecular flexibility index (Phi) is 5.77. The van der Waals surface area contributed by atoms with Crippen molar-refractivity contribution in [2.45, 2.75) is 32.8 Å². The minimum atomic E-state index is -0.135. The summed E-state index contributed by atoms with van der Waals surface area (Å²) in [7, 11) is 0. The number of amides is 1. The van der Waals surface area contributed by atoms with E-state index in [0.29, 0.717) is 27.8 Å². The van der Waals surface area contributed by atoms with Gasteiger partial charge in [-0.1, -0.05) is 34.8 Å². The highest BCUT2D eigenvalue weighted by atomic mass is 35.5. The van der Waals surface area contributed by atoms with Crippen LogP contribution in [0.5, 0.6) is 0 Å². The zero-order valence-electron chi connectivity index (χ0n) is 16.4. The summed E-state index contributed by atoms with van der Waals surface area (Å²) >= 11 is 12.5. The second-order valence-electron chi connectivity index (χ2n) is 7.50. The van der Waals surface area contributed by atoms with Crippen LogP contribution in [0.25, 0.3) is 22.2 Å². The maximum Gasteiger partial charge on any atom is 0.252 e. The van der Waals surface area contributed by atoms with Gasteiger partial charge in [-0.2, -0.15) is 0 Å². The van der Waals surface area contributed by atoms with Crippen molar-refractivity contribution < 1.29 is 9.53 Å². The number of nitrogens with zero attached hydrogens (tertiary/aromatic N) is 1. The third-order valence-corrected chi connectivity index (χ3v) is 5.76. The average Bonchev–Trinajstić information content (AvgIpc) is 3.19. The number of pyridine rings is 1. The van der Waals surface area contributed by atoms with Crippen molar-refractivity contribution in [1.82, 2.24) is 10.3 Å². The number of nitrogens with one attached hydrogen (secondary N) is 1. The van der Waals surface area contributed by atoms with Gasteiger partial charge in [-0.15, -0.1) is 0 Å². The molecule has 3 aromatic rings. The first kappa shape index (κ1) is 20.1. The molecule has 1 aromatic heterocycles. The summed E-state index contributed by atoms with van der Waals surface area (Å²) in [5.74, 6) is -0.135. The van der Waals surface area contributed by atoms with Crippen molar-refractivity contribution in [2.24, 2.45) is 0 Å². The molecule has 29 heavy (non-hydrogen) atoms. The van der Waals surface area contributed by atoms with Crippen molar-refractivity contribution in [3.8, 4) is 11.3 Å². The normalized spacial score (nSPS) is 16.3. The molecule has 0 bridgehead atoms. The first-order valence-corrected chi connectivity index (χ1v) is 10.4. The molecule has 1 saturated heterocycles. The molecule has 2 aromatic carbocycles. The topological polar surface area (TPSA) is 51.2 Å². The Labute approximate surface area is 180 Å². The fraction of sp³-hybridized carbons (Fsp3) is 0.304. The predicted octanol–water partition coefficient (Wildman–Crippen LogP) is 5.73. The van der Waals surface area contributed by atoms with Gasteiger partial charge in [0.05, 0.1) is 27.9 Å². The van der Waals surface area contributed by atoms with E-state index in [2.05, 4.69) is 11.4 Å². The Bertz CT molecular complexity index is 1090. The van der Waals surface area contributed by atoms with Gasteiger partial charge in [0, 0.05) is 29.1 Å². The number of ether oxygens (including phenoxy) is 1. The molecule has 1 unspecified atom stereocenters. The van der Waals surface area contributed by atoms with E-state index in [0.717, 1.165) is 47.0 Å². The van der Waals surface area contributed by atoms with E-state index in [4.69, 9.17) is 32.9 Å². The van der Waals surface area contributed by atoms with Crippen molar-refractivity contribution >= 4 is 40.0 Å². The fourth-order valence-electron chi connectivity index (χ4n) is 3.81. The van der Waals surface area contributed by atoms with Crippen molar-refractivity contribution in [1.29, 1.82) is 0 Å². The summed E-state index contributed by atoms with van der Waals surface area (Å²) in [5, 5.41) is 4.92. The van der Waals surface area contributed by atoms with E-state index < -0.39 is 0 Å². The van der Waals surface area contributed by atoms with E-state index in [1.165, 1.54) is 0 Å². The summed E-state index contributed by atoms with van der Waals surface area (Å²) in [4.78, 5) is 17.9. The molecule has 0 spiro atoms. The van der Waals surface area contributed by atoms with E-state index in [1.807, 2.05) is 26.0 Å². The van der Waals surface area contributed by atoms with Crippen LogP contribution in [0.4, 0.5) is 0 Å². The number of hydrogen-bond acceptors (Lipinski definition) is 3. The minimum absolute atomic E-state index is 0.0840. The molecule has 1 aliphatic heterocycles. The number of carbonyl (C=O) groups is 1. The zero-order chi connectivity index (χ0) is 20.5. The van der Waals surface area contributed by atoms with Gasteiger partial charge >= 0.3 is 0 Å². The second-order valence-corrected chi connectivity index (χ2v) is 8.35. The number of aryl methyl sites for hydroxylation is 2. The lowest BCUT2D eigenvalue weighted by atomic mass is 9.99. The maximum absolute atomic E-state index is 13.1. The Balaban J connectivity index is 1.81. The quantitative estimate of drug-likeness (QED) is 0.576. The first-order valence-electron chi connectivity index (χ1n) is 9.69. The standard InChI is InChI=1S/C23H22Cl2N2O2/c1-13-8-14(2)22-18(9-13)19(23(28)26-12-16-4-3-7-29-16)11-21(27-22)17-6-5-15(24)10-20(17)25/h5-6,8-11,16H,3-4,7,12H2,1-2H3,(H,26,28). The Hall–Kier alpha value is -2.14. The van der Waals surface area contributed by atoms with Crippen LogP contribution < -0.4 is 5.32 Å². The summed E-state index contributed by atoms with van der Waals surface area (Å²) in [6.07, 6.45) is 2.10. The molecular formula is C23H22Cl2N2O2. The smallest absolute Gasteiger partial charge is 0.252 e. The van der Waals surface area contributed by atoms with E-state index in [-0.39, 0.29) is 12.0 Å². The Morgan fingerprint density at radius 1 is 1.21 bits per heavy atom. The molecule has 150 valence electrons. The number of rotatable bonds is 4. The van der Waals surface area contributed by atoms with E-state index in [9.17, 15) is 4.79 Å². The second kappa shape index (κ2) is 8.31. The number of hydrogen-bond donors (Lipinski definition) is 1. The lowest BCUT2D eigenvalue weighted by Gasteiger charge is -2.15. The van der Waals surface area contributed by atoms with Gasteiger partial charge in [0.2, 0.25) is 0 Å². The molecule has 0 aliphatic carbocycles. The molecule has 1 fully saturated rings. The third kappa shape index (κ3) is 4.25. The van der Waals surface area contributed by atoms with Crippen LogP contribution in [0.3, 0.4) is 0 Å². The molecule has 1 amide bonds. The lowest BCUT2D eigenvalue weighted by molar-refractivity contribution is 0.0859. The molecule has 4 nitrogen and oxygen atoms in total. The molecule has 1 N–H and O–H groups in total. The molecule has 1 aliphatic rings. The highest BCUT2D eigenvalue weighted by Crippen LogP contribution is 2.33. The monoisotopic (exact) mass is 428 g/mol. The average molecular weight is 429 g/mol. The van der Waals surface area contributed by atoms with Crippen LogP contribution in [0.2, 0.25) is 10.0 Å². The lowest BCUT2D eigenvalue weighted by Crippen LogP contribution is -2.32. The third-order valence-electron chi connectivity index (χ3n) is 5.21. The van der Waals surface area contributed by atoms with E-state index >= 15 is 0 Å². The van der Waals surface area contributed by atoms with Crippen LogP contribution >= 0.6 is 23.2 Å². The van der Waals surface area contributed by atoms with Crippen molar-refractivity contribution in [3.05, 3.63) is 63.1 Å². The molecule has 4 rings (SSSR count).